The number of rotatable bonds is 3. The molecule has 0 bridgehead atoms. The van der Waals surface area contributed by atoms with Gasteiger partial charge in [-0.2, -0.15) is 0 Å². The van der Waals surface area contributed by atoms with E-state index < -0.39 is 25.0 Å². The lowest BCUT2D eigenvalue weighted by Gasteiger charge is -2.47. The fourth-order valence-electron chi connectivity index (χ4n) is 2.59. The van der Waals surface area contributed by atoms with Crippen LogP contribution < -0.4 is 10.1 Å². The van der Waals surface area contributed by atoms with Gasteiger partial charge < -0.3 is 19.8 Å². The van der Waals surface area contributed by atoms with Crippen LogP contribution in [0.2, 0.25) is 19.6 Å². The number of nitrogens with one attached hydrogen (secondary N) is 1. The summed E-state index contributed by atoms with van der Waals surface area (Å²) in [4.78, 5) is 28.2. The second-order valence-corrected chi connectivity index (χ2v) is 13.0. The predicted octanol–water partition coefficient (Wildman–Crippen LogP) is -0.408. The largest absolute Gasteiger partial charge is 0.548 e. The summed E-state index contributed by atoms with van der Waals surface area (Å²) in [6.07, 6.45) is 0. The number of carboxylic acids is 1. The first-order valence-corrected chi connectivity index (χ1v) is 10.4. The van der Waals surface area contributed by atoms with Crippen molar-refractivity contribution in [3.8, 4) is 0 Å². The van der Waals surface area contributed by atoms with Gasteiger partial charge in [0.1, 0.15) is 19.7 Å². The highest BCUT2D eigenvalue weighted by molar-refractivity contribution is 8.01. The number of amides is 1. The maximum Gasteiger partial charge on any atom is 0.243 e. The molecule has 1 N–H and O–H groups in total. The molecule has 2 rings (SSSR count). The second kappa shape index (κ2) is 3.98. The molecule has 5 nitrogen and oxygen atoms in total. The Bertz CT molecular complexity index is 408. The summed E-state index contributed by atoms with van der Waals surface area (Å²) in [5.74, 6) is -1.26. The number of thioether (sulfide) groups is 1. The number of carbonyl (C=O) groups is 2. The predicted molar refractivity (Wildman–Crippen MR) is 71.4 cm³/mol. The highest BCUT2D eigenvalue weighted by Gasteiger charge is 2.62. The fourth-order valence-corrected chi connectivity index (χ4v) is 5.55. The van der Waals surface area contributed by atoms with Gasteiger partial charge in [-0.1, -0.05) is 19.6 Å². The van der Waals surface area contributed by atoms with Gasteiger partial charge in [0.05, 0.1) is 12.0 Å². The van der Waals surface area contributed by atoms with Gasteiger partial charge in [-0.3, -0.25) is 4.79 Å². The summed E-state index contributed by atoms with van der Waals surface area (Å²) in [6.45, 7) is 10.1. The molecule has 0 aromatic heterocycles. The molecule has 102 valence electrons. The summed E-state index contributed by atoms with van der Waals surface area (Å²) in [6, 6.07) is -1.05. The summed E-state index contributed by atoms with van der Waals surface area (Å²) < 4.78 is -0.491. The van der Waals surface area contributed by atoms with E-state index in [0.717, 1.165) is 0 Å². The Morgan fingerprint density at radius 3 is 2.44 bits per heavy atom. The molecule has 3 atom stereocenters. The Morgan fingerprint density at radius 2 is 2.00 bits per heavy atom. The lowest BCUT2D eigenvalue weighted by molar-refractivity contribution is -0.312. The van der Waals surface area contributed by atoms with Gasteiger partial charge in [0.2, 0.25) is 5.91 Å². The lowest BCUT2D eigenvalue weighted by Crippen LogP contribution is -2.73. The molecule has 0 radical (unpaired) electrons. The first-order valence-electron chi connectivity index (χ1n) is 6.03. The quantitative estimate of drug-likeness (QED) is 0.564. The van der Waals surface area contributed by atoms with Gasteiger partial charge >= 0.3 is 0 Å². The fraction of sp³-hybridized carbons (Fsp3) is 0.818. The second-order valence-electron chi connectivity index (χ2n) is 6.45. The third kappa shape index (κ3) is 2.08. The average Bonchev–Trinajstić information content (AvgIpc) is 2.42. The molecule has 18 heavy (non-hydrogen) atoms. The van der Waals surface area contributed by atoms with Crippen molar-refractivity contribution >= 4 is 31.9 Å². The molecule has 0 saturated carbocycles. The van der Waals surface area contributed by atoms with E-state index >= 15 is 0 Å². The molecule has 1 amide bonds. The minimum atomic E-state index is -1.56. The van der Waals surface area contributed by atoms with Crippen LogP contribution in [-0.2, 0) is 9.59 Å². The number of hydrogen-bond donors (Lipinski definition) is 1. The molecule has 2 fully saturated rings. The van der Waals surface area contributed by atoms with Crippen molar-refractivity contribution in [1.29, 1.82) is 0 Å². The van der Waals surface area contributed by atoms with Crippen LogP contribution in [0.4, 0.5) is 0 Å². The third-order valence-corrected chi connectivity index (χ3v) is 6.00. The molecule has 2 aliphatic rings. The minimum Gasteiger partial charge on any atom is -0.548 e. The zero-order valence-corrected chi connectivity index (χ0v) is 13.1. The van der Waals surface area contributed by atoms with E-state index in [-0.39, 0.29) is 17.3 Å². The van der Waals surface area contributed by atoms with Crippen LogP contribution in [0.15, 0.2) is 0 Å². The summed E-state index contributed by atoms with van der Waals surface area (Å²) in [5, 5.41) is 11.1. The Kier molecular flexibility index (Phi) is 3.07. The molecule has 7 heteroatoms. The monoisotopic (exact) mass is 287 g/mol. The standard InChI is InChI=1S/C11H20N2O3SSi/c1-11(2)7(10(15)16)13-8(14)6(9(13)17-11)12-18(3,4)5/h6-7,9,12H,1-5H3,(H,15,16)/p-1/t6-,7+,9-/m1/s1. The van der Waals surface area contributed by atoms with E-state index in [4.69, 9.17) is 0 Å². The van der Waals surface area contributed by atoms with Crippen LogP contribution in [0.3, 0.4) is 0 Å². The molecule has 0 aromatic rings. The maximum atomic E-state index is 12.1. The zero-order valence-electron chi connectivity index (χ0n) is 11.3. The SMILES string of the molecule is CC1(C)S[C@@H]2[C@H](N[Si](C)(C)C)C(=O)N2[C@H]1C(=O)[O-]. The smallest absolute Gasteiger partial charge is 0.243 e. The molecule has 2 aliphatic heterocycles. The highest BCUT2D eigenvalue weighted by Crippen LogP contribution is 2.50. The van der Waals surface area contributed by atoms with Crippen LogP contribution in [0.5, 0.6) is 0 Å². The molecule has 2 heterocycles. The molecule has 0 spiro atoms. The molecular formula is C11H19N2O3SSi-. The minimum absolute atomic E-state index is 0.0675. The van der Waals surface area contributed by atoms with Crippen LogP contribution in [-0.4, -0.2) is 47.2 Å². The van der Waals surface area contributed by atoms with E-state index in [1.54, 1.807) is 11.8 Å². The van der Waals surface area contributed by atoms with E-state index in [1.807, 2.05) is 13.8 Å². The normalized spacial score (nSPS) is 34.2. The maximum absolute atomic E-state index is 12.1. The number of aliphatic carboxylic acids is 1. The van der Waals surface area contributed by atoms with Crippen LogP contribution in [0.25, 0.3) is 0 Å². The van der Waals surface area contributed by atoms with E-state index in [1.165, 1.54) is 4.90 Å². The number of β-lactam (4-membered cyclic amide) rings is 1. The van der Waals surface area contributed by atoms with Crippen molar-refractivity contribution in [3.63, 3.8) is 0 Å². The van der Waals surface area contributed by atoms with Crippen LogP contribution in [0, 0.1) is 0 Å². The molecule has 0 aliphatic carbocycles. The first kappa shape index (κ1) is 13.9. The van der Waals surface area contributed by atoms with Crippen LogP contribution >= 0.6 is 11.8 Å². The van der Waals surface area contributed by atoms with E-state index in [9.17, 15) is 14.7 Å². The van der Waals surface area contributed by atoms with Gasteiger partial charge in [0, 0.05) is 4.75 Å². The van der Waals surface area contributed by atoms with Crippen molar-refractivity contribution in [3.05, 3.63) is 0 Å². The van der Waals surface area contributed by atoms with E-state index in [2.05, 4.69) is 24.6 Å². The molecule has 0 unspecified atom stereocenters. The summed E-state index contributed by atoms with van der Waals surface area (Å²) in [7, 11) is -1.56. The number of carboxylic acid groups (broad SMARTS) is 1. The van der Waals surface area contributed by atoms with Crippen molar-refractivity contribution in [2.24, 2.45) is 0 Å². The molecule has 0 aromatic carbocycles. The summed E-state index contributed by atoms with van der Waals surface area (Å²) in [5.41, 5.74) is 0. The topological polar surface area (TPSA) is 72.5 Å². The zero-order chi connectivity index (χ0) is 13.9. The van der Waals surface area contributed by atoms with E-state index in [0.29, 0.717) is 0 Å². The number of nitrogens with zero attached hydrogens (tertiary/aromatic N) is 1. The number of hydrogen-bond acceptors (Lipinski definition) is 5. The highest BCUT2D eigenvalue weighted by atomic mass is 32.2. The number of carbonyl (C=O) groups excluding carboxylic acids is 2. The van der Waals surface area contributed by atoms with Gasteiger partial charge in [-0.05, 0) is 13.8 Å². The van der Waals surface area contributed by atoms with Crippen LogP contribution in [0.1, 0.15) is 13.8 Å². The lowest BCUT2D eigenvalue weighted by atomic mass is 9.96. The van der Waals surface area contributed by atoms with Gasteiger partial charge in [0.15, 0.2) is 0 Å². The molecular weight excluding hydrogens is 268 g/mol. The Hall–Kier alpha value is -0.533. The van der Waals surface area contributed by atoms with Crippen molar-refractivity contribution in [2.75, 3.05) is 0 Å². The van der Waals surface area contributed by atoms with Gasteiger partial charge in [-0.15, -0.1) is 11.8 Å². The first-order chi connectivity index (χ1) is 8.04. The van der Waals surface area contributed by atoms with Crippen molar-refractivity contribution in [1.82, 2.24) is 9.88 Å². The van der Waals surface area contributed by atoms with Gasteiger partial charge in [-0.25, -0.2) is 0 Å². The Morgan fingerprint density at radius 1 is 1.44 bits per heavy atom. The van der Waals surface area contributed by atoms with Crippen molar-refractivity contribution in [2.45, 2.75) is 55.7 Å². The Balaban J connectivity index is 2.19. The third-order valence-electron chi connectivity index (χ3n) is 3.25. The summed E-state index contributed by atoms with van der Waals surface area (Å²) >= 11 is 1.55. The Labute approximate surface area is 112 Å². The number of fused-ring (bicyclic) bond motifs is 1. The van der Waals surface area contributed by atoms with Gasteiger partial charge in [0.25, 0.3) is 0 Å². The molecule has 2 saturated heterocycles. The average molecular weight is 287 g/mol. The van der Waals surface area contributed by atoms with Crippen molar-refractivity contribution < 1.29 is 14.7 Å².